The first-order chi connectivity index (χ1) is 72.2. The molecular weight excluding hydrogens is 1900 g/mol. The minimum absolute atomic E-state index is 0.773. The molecule has 10 heterocycles. The van der Waals surface area contributed by atoms with Crippen molar-refractivity contribution < 1.29 is 18.3 Å². The molecule has 0 spiro atoms. The Balaban J connectivity index is 0.000000103. The predicted molar refractivity (Wildman–Crippen MR) is 613 cm³/mol. The number of hydrogen-bond acceptors (Lipinski definition) is 10. The van der Waals surface area contributed by atoms with Crippen molar-refractivity contribution >= 4 is 148 Å². The Morgan fingerprint density at radius 2 is 0.415 bits per heavy atom. The predicted octanol–water partition coefficient (Wildman–Crippen LogP) is 27.0. The van der Waals surface area contributed by atoms with Crippen LogP contribution < -0.4 is 63.7 Å². The van der Waals surface area contributed by atoms with Gasteiger partial charge in [0.25, 0.3) is 0 Å². The summed E-state index contributed by atoms with van der Waals surface area (Å²) in [6, 6.07) is 155. The maximum atomic E-state index is 15.4. The van der Waals surface area contributed by atoms with Gasteiger partial charge in [-0.15, -0.1) is 11.3 Å². The monoisotopic (exact) mass is 1990 g/mol. The first-order valence-electron chi connectivity index (χ1n) is 50.0. The van der Waals surface area contributed by atoms with Crippen LogP contribution in [0.5, 0.6) is 0 Å². The highest BCUT2D eigenvalue weighted by molar-refractivity contribution is 7.87. The van der Waals surface area contributed by atoms with E-state index in [1.54, 1.807) is 12.4 Å². The maximum Gasteiger partial charge on any atom is 0.175 e. The number of aryl methyl sites for hydroxylation is 4. The number of thiophene rings is 1. The summed E-state index contributed by atoms with van der Waals surface area (Å²) in [5.41, 5.74) is 27.3. The molecule has 0 bridgehead atoms. The van der Waals surface area contributed by atoms with E-state index < -0.39 is 28.6 Å². The molecular formula is C129H97N9O4P4S. The lowest BCUT2D eigenvalue weighted by Crippen LogP contribution is -2.33. The van der Waals surface area contributed by atoms with Crippen LogP contribution in [0.1, 0.15) is 51.0 Å². The van der Waals surface area contributed by atoms with E-state index in [-0.39, 0.29) is 0 Å². The van der Waals surface area contributed by atoms with Crippen LogP contribution in [0.3, 0.4) is 0 Å². The molecule has 0 saturated carbocycles. The molecule has 0 aliphatic carbocycles. The van der Waals surface area contributed by atoms with Crippen LogP contribution in [0.2, 0.25) is 0 Å². The summed E-state index contributed by atoms with van der Waals surface area (Å²) >= 11 is 1.81. The third kappa shape index (κ3) is 15.4. The average molecular weight is 1990 g/mol. The van der Waals surface area contributed by atoms with Gasteiger partial charge < -0.3 is 18.3 Å². The summed E-state index contributed by atoms with van der Waals surface area (Å²) in [7, 11) is -12.3. The topological polar surface area (TPSA) is 152 Å². The van der Waals surface area contributed by atoms with E-state index in [0.29, 0.717) is 0 Å². The number of aromatic nitrogens is 9. The number of pyridine rings is 1. The van der Waals surface area contributed by atoms with Gasteiger partial charge in [0.05, 0.1) is 66.9 Å². The van der Waals surface area contributed by atoms with Crippen LogP contribution in [0, 0.1) is 0 Å². The molecule has 4 aliphatic rings. The fraction of sp³-hybridized carbons (Fsp3) is 0.0620. The Labute approximate surface area is 857 Å². The molecule has 0 N–H and O–H groups in total. The summed E-state index contributed by atoms with van der Waals surface area (Å²) < 4.78 is 69.6. The lowest BCUT2D eigenvalue weighted by Gasteiger charge is -2.29. The standard InChI is InChI=1S/C39H29N2OP.C37H27N2OPS.C27H21N2OP.C26H20N3OP/c1-2-38-40-34-19-12-20-37-39(34)41(38)35-26-29(21-22-36(35)43(37,42)33-17-10-5-11-18-33)32-24-30(27-13-6-3-7-14-27)23-31(25-32)28-15-8-4-9-16-28;1-2-36-38-30-14-9-15-33-37(30)39(36)31-24-28(20-21-32(31)41(33,40)29-12-7-4-8-13-29)25-16-18-27(19-17-25)35-23-22-34(42-35)26-10-5-3-6-11-26;1-2-26-28-22-14-9-15-25-27(22)29(26)23-18-20(19-10-5-3-6-11-19)16-17-24(23)31(25,30)21-12-7-4-8-13-21;1-2-25-28-21-9-6-10-24-26(21)29(25)22-17-19(18-13-15-27-16-14-18)11-12-23(22)31(24,30)20-7-4-3-5-8-20/h3-26H,2H2,1H3;3-24H,2H2,1H3;3-18H,2H2,1H3;3-17H,2H2,1H3. The van der Waals surface area contributed by atoms with Crippen molar-refractivity contribution in [3.05, 3.63) is 491 Å². The lowest BCUT2D eigenvalue weighted by atomic mass is 9.93. The SMILES string of the molecule is CCc1nc2cccc3c2n1-c1cc(-c2cc(-c4ccccc4)cc(-c4ccccc4)c2)ccc1P3(=O)c1ccccc1.CCc1nc2cccc3c2n1-c1cc(-c2ccc(-c4ccc(-c5ccccc5)s4)cc2)ccc1P3(=O)c1ccccc1.CCc1nc2cccc3c2n1-c1cc(-c2ccccc2)ccc1P3(=O)c1ccccc1.CCc1nc2cccc3c2n1-c1cc(-c2ccncc2)ccc1P3(=O)c1ccccc1. The largest absolute Gasteiger partial charge is 0.308 e. The van der Waals surface area contributed by atoms with Crippen molar-refractivity contribution in [2.45, 2.75) is 53.4 Å². The second kappa shape index (κ2) is 37.7. The molecule has 24 aromatic rings. The van der Waals surface area contributed by atoms with Gasteiger partial charge in [0.1, 0.15) is 23.3 Å². The number of benzene rings is 18. The average Bonchev–Trinajstić information content (AvgIpc) is 1.69. The lowest BCUT2D eigenvalue weighted by molar-refractivity contribution is 0.591. The highest BCUT2D eigenvalue weighted by Crippen LogP contribution is 2.56. The normalized spacial score (nSPS) is 16.1. The fourth-order valence-corrected chi connectivity index (χ4v) is 35.0. The smallest absolute Gasteiger partial charge is 0.175 e. The number of rotatable bonds is 16. The van der Waals surface area contributed by atoms with E-state index in [1.165, 1.54) is 32.0 Å². The second-order valence-electron chi connectivity index (χ2n) is 37.3. The highest BCUT2D eigenvalue weighted by atomic mass is 32.1. The summed E-state index contributed by atoms with van der Waals surface area (Å²) in [5, 5.41) is 10.4. The first-order valence-corrected chi connectivity index (χ1v) is 57.6. The van der Waals surface area contributed by atoms with E-state index >= 15 is 9.13 Å². The molecule has 28 rings (SSSR count). The molecule has 6 aromatic heterocycles. The van der Waals surface area contributed by atoms with Crippen molar-refractivity contribution in [1.29, 1.82) is 0 Å². The van der Waals surface area contributed by atoms with Gasteiger partial charge in [0, 0.05) is 111 Å². The summed E-state index contributed by atoms with van der Waals surface area (Å²) in [6.07, 6.45) is 6.75. The maximum absolute atomic E-state index is 15.4. The Morgan fingerprint density at radius 1 is 0.197 bits per heavy atom. The van der Waals surface area contributed by atoms with Crippen LogP contribution in [-0.2, 0) is 43.9 Å². The number of hydrogen-bond donors (Lipinski definition) is 0. The molecule has 18 heteroatoms. The summed E-state index contributed by atoms with van der Waals surface area (Å²) in [4.78, 5) is 26.4. The summed E-state index contributed by atoms with van der Waals surface area (Å²) in [5.74, 6) is 3.93. The van der Waals surface area contributed by atoms with Gasteiger partial charge in [-0.3, -0.25) is 23.3 Å². The van der Waals surface area contributed by atoms with Crippen molar-refractivity contribution in [1.82, 2.24) is 43.2 Å². The van der Waals surface area contributed by atoms with Crippen LogP contribution in [-0.4, -0.2) is 43.2 Å². The van der Waals surface area contributed by atoms with Crippen LogP contribution in [0.15, 0.2) is 467 Å². The Bertz CT molecular complexity index is 9180. The van der Waals surface area contributed by atoms with Crippen molar-refractivity contribution in [2.24, 2.45) is 0 Å². The second-order valence-corrected chi connectivity index (χ2v) is 49.2. The number of imidazole rings is 4. The molecule has 0 saturated heterocycles. The van der Waals surface area contributed by atoms with Crippen molar-refractivity contribution in [2.75, 3.05) is 0 Å². The van der Waals surface area contributed by atoms with Crippen molar-refractivity contribution in [3.63, 3.8) is 0 Å². The van der Waals surface area contributed by atoms with E-state index in [4.69, 9.17) is 19.9 Å². The van der Waals surface area contributed by atoms with Crippen molar-refractivity contribution in [3.8, 4) is 110 Å². The Morgan fingerprint density at radius 3 is 0.694 bits per heavy atom. The van der Waals surface area contributed by atoms with Crippen LogP contribution in [0.25, 0.3) is 155 Å². The van der Waals surface area contributed by atoms with Gasteiger partial charge in [0.2, 0.25) is 0 Å². The quantitative estimate of drug-likeness (QED) is 0.0861. The van der Waals surface area contributed by atoms with E-state index in [9.17, 15) is 9.13 Å². The van der Waals surface area contributed by atoms with Crippen LogP contribution in [0.4, 0.5) is 0 Å². The molecule has 4 unspecified atom stereocenters. The molecule has 4 atom stereocenters. The van der Waals surface area contributed by atoms with Gasteiger partial charge in [-0.2, -0.15) is 0 Å². The molecule has 708 valence electrons. The van der Waals surface area contributed by atoms with Gasteiger partial charge in [0.15, 0.2) is 28.6 Å². The Hall–Kier alpha value is -16.4. The van der Waals surface area contributed by atoms with Gasteiger partial charge in [-0.05, 0) is 217 Å². The van der Waals surface area contributed by atoms with E-state index in [0.717, 1.165) is 235 Å². The number of nitrogens with zero attached hydrogens (tertiary/aromatic N) is 9. The van der Waals surface area contributed by atoms with E-state index in [1.807, 2.05) is 242 Å². The molecule has 0 amide bonds. The van der Waals surface area contributed by atoms with Gasteiger partial charge in [-0.1, -0.05) is 343 Å². The van der Waals surface area contributed by atoms with Gasteiger partial charge in [-0.25, -0.2) is 19.9 Å². The molecule has 13 nitrogen and oxygen atoms in total. The molecule has 0 fully saturated rings. The highest BCUT2D eigenvalue weighted by Gasteiger charge is 2.45. The minimum atomic E-state index is -3.15. The van der Waals surface area contributed by atoms with Gasteiger partial charge >= 0.3 is 0 Å². The third-order valence-electron chi connectivity index (χ3n) is 29.0. The van der Waals surface area contributed by atoms with E-state index in [2.05, 4.69) is 275 Å². The third-order valence-corrected chi connectivity index (χ3v) is 42.7. The zero-order chi connectivity index (χ0) is 99.2. The van der Waals surface area contributed by atoms with Crippen LogP contribution >= 0.6 is 39.9 Å². The minimum Gasteiger partial charge on any atom is -0.308 e. The number of fused-ring (bicyclic) bond motifs is 8. The summed E-state index contributed by atoms with van der Waals surface area (Å²) in [6.45, 7) is 8.50. The number of para-hydroxylation sites is 4. The first kappa shape index (κ1) is 91.8. The Kier molecular flexibility index (Phi) is 23.5. The molecule has 4 aliphatic heterocycles. The molecule has 147 heavy (non-hydrogen) atoms. The zero-order valence-corrected chi connectivity index (χ0v) is 85.5. The molecule has 18 aromatic carbocycles. The molecule has 0 radical (unpaired) electrons. The zero-order valence-electron chi connectivity index (χ0n) is 81.1. The fourth-order valence-electron chi connectivity index (χ4n) is 22.0.